The van der Waals surface area contributed by atoms with Gasteiger partial charge in [-0.1, -0.05) is 11.6 Å². The molecule has 0 aliphatic carbocycles. The Morgan fingerprint density at radius 1 is 1.45 bits per heavy atom. The molecule has 2 heterocycles. The number of likely N-dealkylation sites (tertiary alicyclic amines) is 1. The molecule has 0 unspecified atom stereocenters. The summed E-state index contributed by atoms with van der Waals surface area (Å²) in [5.74, 6) is -0.271. The van der Waals surface area contributed by atoms with Crippen LogP contribution in [0.5, 0.6) is 0 Å². The van der Waals surface area contributed by atoms with Gasteiger partial charge in [0, 0.05) is 26.2 Å². The highest BCUT2D eigenvalue weighted by Crippen LogP contribution is 2.19. The summed E-state index contributed by atoms with van der Waals surface area (Å²) in [7, 11) is 0. The van der Waals surface area contributed by atoms with E-state index in [2.05, 4.69) is 4.98 Å². The molecular weight excluding hydrogens is 280 g/mol. The number of hydrogen-bond donors (Lipinski definition) is 0. The summed E-state index contributed by atoms with van der Waals surface area (Å²) >= 11 is 5.77. The van der Waals surface area contributed by atoms with Crippen molar-refractivity contribution in [2.75, 3.05) is 13.1 Å². The first-order chi connectivity index (χ1) is 9.56. The molecule has 1 aromatic rings. The van der Waals surface area contributed by atoms with Crippen LogP contribution in [0, 0.1) is 5.92 Å². The topological polar surface area (TPSA) is 59.5 Å². The van der Waals surface area contributed by atoms with Crippen molar-refractivity contribution in [3.63, 3.8) is 0 Å². The molecular formula is C14H17ClN2O3. The second-order valence-electron chi connectivity index (χ2n) is 4.87. The summed E-state index contributed by atoms with van der Waals surface area (Å²) in [6.07, 6.45) is 2.90. The Labute approximate surface area is 122 Å². The summed E-state index contributed by atoms with van der Waals surface area (Å²) < 4.78 is 5.29. The molecule has 6 heteroatoms. The monoisotopic (exact) mass is 296 g/mol. The van der Waals surface area contributed by atoms with Gasteiger partial charge >= 0.3 is 5.97 Å². The molecule has 108 valence electrons. The smallest absolute Gasteiger partial charge is 0.309 e. The van der Waals surface area contributed by atoms with Gasteiger partial charge < -0.3 is 9.64 Å². The van der Waals surface area contributed by atoms with Crippen molar-refractivity contribution in [1.82, 2.24) is 9.88 Å². The third-order valence-corrected chi connectivity index (χ3v) is 3.65. The van der Waals surface area contributed by atoms with E-state index < -0.39 is 0 Å². The van der Waals surface area contributed by atoms with E-state index in [0.717, 1.165) is 5.56 Å². The fraction of sp³-hybridized carbons (Fsp3) is 0.500. The van der Waals surface area contributed by atoms with Gasteiger partial charge in [0.2, 0.25) is 5.91 Å². The number of aromatic nitrogens is 1. The number of amides is 1. The maximum absolute atomic E-state index is 12.0. The number of carbonyl (C=O) groups is 2. The predicted octanol–water partition coefficient (Wildman–Crippen LogP) is 2.04. The first kappa shape index (κ1) is 14.8. The van der Waals surface area contributed by atoms with E-state index in [1.807, 2.05) is 0 Å². The van der Waals surface area contributed by atoms with Crippen LogP contribution in [-0.2, 0) is 20.9 Å². The highest BCUT2D eigenvalue weighted by atomic mass is 35.5. The van der Waals surface area contributed by atoms with E-state index in [9.17, 15) is 9.59 Å². The number of ether oxygens (including phenoxy) is 1. The van der Waals surface area contributed by atoms with Gasteiger partial charge in [-0.3, -0.25) is 9.59 Å². The molecule has 0 spiro atoms. The highest BCUT2D eigenvalue weighted by Gasteiger charge is 2.27. The zero-order chi connectivity index (χ0) is 14.5. The molecule has 0 aromatic carbocycles. The molecule has 0 saturated carbocycles. The van der Waals surface area contributed by atoms with Crippen LogP contribution < -0.4 is 0 Å². The first-order valence-electron chi connectivity index (χ1n) is 6.59. The van der Waals surface area contributed by atoms with E-state index in [4.69, 9.17) is 16.3 Å². The molecule has 0 N–H and O–H groups in total. The third-order valence-electron chi connectivity index (χ3n) is 3.45. The molecule has 1 aliphatic heterocycles. The lowest BCUT2D eigenvalue weighted by Gasteiger charge is -2.30. The number of hydrogen-bond acceptors (Lipinski definition) is 4. The number of halogens is 1. The molecule has 1 amide bonds. The van der Waals surface area contributed by atoms with Gasteiger partial charge in [-0.05, 0) is 30.5 Å². The Balaban J connectivity index is 1.80. The number of piperidine rings is 1. The number of esters is 1. The average Bonchev–Trinajstić information content (AvgIpc) is 2.45. The lowest BCUT2D eigenvalue weighted by atomic mass is 9.97. The van der Waals surface area contributed by atoms with Crippen molar-refractivity contribution in [3.8, 4) is 0 Å². The minimum atomic E-state index is -0.207. The molecule has 1 aliphatic rings. The van der Waals surface area contributed by atoms with Crippen molar-refractivity contribution in [1.29, 1.82) is 0 Å². The van der Waals surface area contributed by atoms with Crippen LogP contribution in [0.1, 0.15) is 25.3 Å². The Morgan fingerprint density at radius 2 is 2.15 bits per heavy atom. The largest absolute Gasteiger partial charge is 0.461 e. The quantitative estimate of drug-likeness (QED) is 0.632. The average molecular weight is 297 g/mol. The molecule has 20 heavy (non-hydrogen) atoms. The van der Waals surface area contributed by atoms with Crippen molar-refractivity contribution in [2.45, 2.75) is 26.4 Å². The van der Waals surface area contributed by atoms with Crippen LogP contribution in [0.2, 0.25) is 5.15 Å². The van der Waals surface area contributed by atoms with Crippen LogP contribution in [-0.4, -0.2) is 34.8 Å². The second-order valence-corrected chi connectivity index (χ2v) is 5.26. The molecule has 1 saturated heterocycles. The number of carbonyl (C=O) groups excluding carboxylic acids is 2. The van der Waals surface area contributed by atoms with Crippen LogP contribution >= 0.6 is 11.6 Å². The Kier molecular flexibility index (Phi) is 4.95. The van der Waals surface area contributed by atoms with Gasteiger partial charge in [0.05, 0.1) is 5.92 Å². The predicted molar refractivity (Wildman–Crippen MR) is 74.0 cm³/mol. The van der Waals surface area contributed by atoms with Gasteiger partial charge in [0.1, 0.15) is 11.8 Å². The van der Waals surface area contributed by atoms with Crippen LogP contribution in [0.4, 0.5) is 0 Å². The standard InChI is InChI=1S/C14H17ClN2O3/c1-10(18)17-6-3-12(4-7-17)14(19)20-9-11-2-5-16-13(15)8-11/h2,5,8,12H,3-4,6-7,9H2,1H3. The number of nitrogens with zero attached hydrogens (tertiary/aromatic N) is 2. The minimum absolute atomic E-state index is 0.0586. The van der Waals surface area contributed by atoms with Gasteiger partial charge in [0.15, 0.2) is 0 Å². The maximum Gasteiger partial charge on any atom is 0.309 e. The highest BCUT2D eigenvalue weighted by molar-refractivity contribution is 6.29. The lowest BCUT2D eigenvalue weighted by Crippen LogP contribution is -2.39. The van der Waals surface area contributed by atoms with Crippen molar-refractivity contribution < 1.29 is 14.3 Å². The Bertz CT molecular complexity index is 499. The molecule has 1 fully saturated rings. The summed E-state index contributed by atoms with van der Waals surface area (Å²) in [5.41, 5.74) is 0.819. The molecule has 0 radical (unpaired) electrons. The summed E-state index contributed by atoms with van der Waals surface area (Å²) in [4.78, 5) is 28.8. The van der Waals surface area contributed by atoms with Gasteiger partial charge in [-0.2, -0.15) is 0 Å². The third kappa shape index (κ3) is 3.93. The second kappa shape index (κ2) is 6.70. The number of pyridine rings is 1. The van der Waals surface area contributed by atoms with Crippen LogP contribution in [0.15, 0.2) is 18.3 Å². The Hall–Kier alpha value is -1.62. The van der Waals surface area contributed by atoms with Crippen molar-refractivity contribution in [2.24, 2.45) is 5.92 Å². The summed E-state index contributed by atoms with van der Waals surface area (Å²) in [6, 6.07) is 3.44. The number of rotatable bonds is 3. The fourth-order valence-electron chi connectivity index (χ4n) is 2.23. The zero-order valence-electron chi connectivity index (χ0n) is 11.3. The minimum Gasteiger partial charge on any atom is -0.461 e. The molecule has 0 bridgehead atoms. The van der Waals surface area contributed by atoms with Gasteiger partial charge in [-0.25, -0.2) is 4.98 Å². The van der Waals surface area contributed by atoms with Gasteiger partial charge in [0.25, 0.3) is 0 Å². The fourth-order valence-corrected chi connectivity index (χ4v) is 2.43. The van der Waals surface area contributed by atoms with Crippen molar-refractivity contribution in [3.05, 3.63) is 29.0 Å². The molecule has 1 aromatic heterocycles. The molecule has 2 rings (SSSR count). The maximum atomic E-state index is 12.0. The molecule has 5 nitrogen and oxygen atoms in total. The Morgan fingerprint density at radius 3 is 2.75 bits per heavy atom. The van der Waals surface area contributed by atoms with Gasteiger partial charge in [-0.15, -0.1) is 0 Å². The van der Waals surface area contributed by atoms with Crippen LogP contribution in [0.25, 0.3) is 0 Å². The zero-order valence-corrected chi connectivity index (χ0v) is 12.1. The van der Waals surface area contributed by atoms with Crippen LogP contribution in [0.3, 0.4) is 0 Å². The normalized spacial score (nSPS) is 16.0. The first-order valence-corrected chi connectivity index (χ1v) is 6.96. The van der Waals surface area contributed by atoms with E-state index in [1.165, 1.54) is 0 Å². The summed E-state index contributed by atoms with van der Waals surface area (Å²) in [6.45, 7) is 2.99. The lowest BCUT2D eigenvalue weighted by molar-refractivity contribution is -0.152. The van der Waals surface area contributed by atoms with E-state index in [0.29, 0.717) is 31.1 Å². The summed E-state index contributed by atoms with van der Waals surface area (Å²) in [5, 5.41) is 0.383. The molecule has 0 atom stereocenters. The van der Waals surface area contributed by atoms with E-state index in [-0.39, 0.29) is 24.4 Å². The van der Waals surface area contributed by atoms with Crippen molar-refractivity contribution >= 4 is 23.5 Å². The van der Waals surface area contributed by atoms with E-state index >= 15 is 0 Å². The van der Waals surface area contributed by atoms with E-state index in [1.54, 1.807) is 30.2 Å². The SMILES string of the molecule is CC(=O)N1CCC(C(=O)OCc2ccnc(Cl)c2)CC1.